The number of nitrogens with zero attached hydrogens (tertiary/aromatic N) is 1. The van der Waals surface area contributed by atoms with Crippen molar-refractivity contribution in [1.29, 1.82) is 0 Å². The van der Waals surface area contributed by atoms with Gasteiger partial charge in [0.25, 0.3) is 0 Å². The summed E-state index contributed by atoms with van der Waals surface area (Å²) in [6.07, 6.45) is 1.74. The first-order chi connectivity index (χ1) is 8.71. The van der Waals surface area contributed by atoms with Crippen LogP contribution in [0.15, 0.2) is 26.0 Å². The van der Waals surface area contributed by atoms with Gasteiger partial charge in [0.1, 0.15) is 4.90 Å². The minimum absolute atomic E-state index is 0.0649. The van der Waals surface area contributed by atoms with Crippen molar-refractivity contribution in [3.8, 4) is 0 Å². The summed E-state index contributed by atoms with van der Waals surface area (Å²) in [5, 5.41) is 0. The van der Waals surface area contributed by atoms with E-state index < -0.39 is 10.0 Å². The molecule has 0 aromatic heterocycles. The van der Waals surface area contributed by atoms with E-state index in [0.717, 1.165) is 17.3 Å². The molecule has 0 fully saturated rings. The Kier molecular flexibility index (Phi) is 5.85. The van der Waals surface area contributed by atoms with E-state index in [1.165, 1.54) is 4.31 Å². The number of nitrogens with two attached hydrogens (primary N) is 1. The lowest BCUT2D eigenvalue weighted by Gasteiger charge is -2.25. The molecule has 2 N–H and O–H groups in total. The van der Waals surface area contributed by atoms with Crippen molar-refractivity contribution in [2.75, 3.05) is 12.8 Å². The summed E-state index contributed by atoms with van der Waals surface area (Å²) in [6.45, 7) is 3.92. The summed E-state index contributed by atoms with van der Waals surface area (Å²) in [5.41, 5.74) is 6.09. The first-order valence-electron chi connectivity index (χ1n) is 5.94. The molecule has 0 aliphatic rings. The summed E-state index contributed by atoms with van der Waals surface area (Å²) < 4.78 is 27.8. The molecule has 108 valence electrons. The lowest BCUT2D eigenvalue weighted by atomic mass is 10.2. The number of anilines is 1. The Morgan fingerprint density at radius 1 is 1.37 bits per heavy atom. The second-order valence-electron chi connectivity index (χ2n) is 4.46. The molecule has 19 heavy (non-hydrogen) atoms. The Labute approximate surface area is 131 Å². The third kappa shape index (κ3) is 3.71. The van der Waals surface area contributed by atoms with Crippen molar-refractivity contribution in [3.05, 3.63) is 21.1 Å². The van der Waals surface area contributed by atoms with E-state index in [1.807, 2.05) is 13.8 Å². The first-order valence-corrected chi connectivity index (χ1v) is 8.97. The number of hydrogen-bond donors (Lipinski definition) is 1. The second kappa shape index (κ2) is 6.56. The molecule has 1 unspecified atom stereocenters. The number of sulfonamides is 1. The molecule has 1 rings (SSSR count). The van der Waals surface area contributed by atoms with Gasteiger partial charge in [0.05, 0.1) is 5.69 Å². The summed E-state index contributed by atoms with van der Waals surface area (Å²) >= 11 is 6.56. The van der Waals surface area contributed by atoms with Crippen LogP contribution in [0, 0.1) is 0 Å². The number of halogens is 2. The van der Waals surface area contributed by atoms with Crippen LogP contribution in [0.2, 0.25) is 0 Å². The van der Waals surface area contributed by atoms with Gasteiger partial charge < -0.3 is 5.73 Å². The maximum absolute atomic E-state index is 12.6. The fourth-order valence-electron chi connectivity index (χ4n) is 1.83. The predicted octanol–water partition coefficient (Wildman–Crippen LogP) is 3.60. The molecule has 0 aliphatic heterocycles. The van der Waals surface area contributed by atoms with E-state index in [0.29, 0.717) is 4.47 Å². The molecular weight excluding hydrogens is 396 g/mol. The van der Waals surface area contributed by atoms with Gasteiger partial charge in [-0.1, -0.05) is 29.3 Å². The minimum Gasteiger partial charge on any atom is -0.398 e. The van der Waals surface area contributed by atoms with Crippen LogP contribution in [-0.4, -0.2) is 25.8 Å². The summed E-state index contributed by atoms with van der Waals surface area (Å²) in [6, 6.07) is 3.21. The zero-order chi connectivity index (χ0) is 14.8. The van der Waals surface area contributed by atoms with Gasteiger partial charge in [0.15, 0.2) is 0 Å². The number of rotatable bonds is 5. The molecular formula is C12H18Br2N2O2S. The van der Waals surface area contributed by atoms with Gasteiger partial charge in [0, 0.05) is 22.0 Å². The largest absolute Gasteiger partial charge is 0.398 e. The number of nitrogen functional groups attached to an aromatic ring is 1. The van der Waals surface area contributed by atoms with E-state index in [-0.39, 0.29) is 16.6 Å². The minimum atomic E-state index is -3.60. The second-order valence-corrected chi connectivity index (χ2v) is 8.17. The highest BCUT2D eigenvalue weighted by Crippen LogP contribution is 2.34. The smallest absolute Gasteiger partial charge is 0.246 e. The van der Waals surface area contributed by atoms with Gasteiger partial charge in [-0.25, -0.2) is 8.42 Å². The topological polar surface area (TPSA) is 63.4 Å². The Morgan fingerprint density at radius 2 is 1.95 bits per heavy atom. The van der Waals surface area contributed by atoms with Gasteiger partial charge >= 0.3 is 0 Å². The van der Waals surface area contributed by atoms with Gasteiger partial charge in [0.2, 0.25) is 10.0 Å². The molecule has 1 aromatic rings. The summed E-state index contributed by atoms with van der Waals surface area (Å²) in [4.78, 5) is 0.126. The highest BCUT2D eigenvalue weighted by molar-refractivity contribution is 9.11. The summed E-state index contributed by atoms with van der Waals surface area (Å²) in [5.74, 6) is 0. The van der Waals surface area contributed by atoms with Crippen LogP contribution in [0.25, 0.3) is 0 Å². The molecule has 4 nitrogen and oxygen atoms in total. The standard InChI is InChI=1S/C12H18Br2N2O2S/c1-4-5-8(2)16(3)19(17,18)12-10(14)6-9(13)7-11(12)15/h6-8H,4-5,15H2,1-3H3. The van der Waals surface area contributed by atoms with Crippen LogP contribution < -0.4 is 5.73 Å². The molecule has 0 heterocycles. The molecule has 0 bridgehead atoms. The third-order valence-corrected chi connectivity index (χ3v) is 6.44. The number of hydrogen-bond acceptors (Lipinski definition) is 3. The zero-order valence-electron chi connectivity index (χ0n) is 11.2. The molecule has 0 saturated heterocycles. The highest BCUT2D eigenvalue weighted by atomic mass is 79.9. The van der Waals surface area contributed by atoms with Crippen LogP contribution in [0.5, 0.6) is 0 Å². The molecule has 7 heteroatoms. The number of benzene rings is 1. The van der Waals surface area contributed by atoms with Crippen molar-refractivity contribution < 1.29 is 8.42 Å². The Hall–Kier alpha value is -0.110. The molecule has 0 spiro atoms. The average Bonchev–Trinajstić information content (AvgIpc) is 2.26. The molecule has 1 atom stereocenters. The highest BCUT2D eigenvalue weighted by Gasteiger charge is 2.29. The van der Waals surface area contributed by atoms with Gasteiger partial charge in [-0.3, -0.25) is 0 Å². The molecule has 0 saturated carbocycles. The van der Waals surface area contributed by atoms with Crippen molar-refractivity contribution >= 4 is 47.6 Å². The van der Waals surface area contributed by atoms with E-state index in [9.17, 15) is 8.42 Å². The van der Waals surface area contributed by atoms with Crippen molar-refractivity contribution in [2.45, 2.75) is 37.6 Å². The third-order valence-electron chi connectivity index (χ3n) is 3.00. The first kappa shape index (κ1) is 16.9. The average molecular weight is 414 g/mol. The van der Waals surface area contributed by atoms with Crippen LogP contribution in [0.4, 0.5) is 5.69 Å². The van der Waals surface area contributed by atoms with Crippen molar-refractivity contribution in [2.24, 2.45) is 0 Å². The van der Waals surface area contributed by atoms with E-state index in [2.05, 4.69) is 31.9 Å². The Bertz CT molecular complexity index is 538. The normalized spacial score (nSPS) is 13.8. The molecule has 0 aliphatic carbocycles. The monoisotopic (exact) mass is 412 g/mol. The molecule has 0 radical (unpaired) electrons. The molecule has 1 aromatic carbocycles. The lowest BCUT2D eigenvalue weighted by Crippen LogP contribution is -2.35. The SMILES string of the molecule is CCCC(C)N(C)S(=O)(=O)c1c(N)cc(Br)cc1Br. The van der Waals surface area contributed by atoms with Crippen LogP contribution in [0.3, 0.4) is 0 Å². The predicted molar refractivity (Wildman–Crippen MR) is 85.6 cm³/mol. The van der Waals surface area contributed by atoms with Crippen molar-refractivity contribution in [1.82, 2.24) is 4.31 Å². The quantitative estimate of drug-likeness (QED) is 0.750. The van der Waals surface area contributed by atoms with E-state index >= 15 is 0 Å². The van der Waals surface area contributed by atoms with E-state index in [4.69, 9.17) is 5.73 Å². The lowest BCUT2D eigenvalue weighted by molar-refractivity contribution is 0.369. The van der Waals surface area contributed by atoms with Crippen LogP contribution in [-0.2, 0) is 10.0 Å². The Balaban J connectivity index is 3.28. The van der Waals surface area contributed by atoms with Gasteiger partial charge in [-0.2, -0.15) is 4.31 Å². The fraction of sp³-hybridized carbons (Fsp3) is 0.500. The van der Waals surface area contributed by atoms with Gasteiger partial charge in [-0.05, 0) is 41.4 Å². The summed E-state index contributed by atoms with van der Waals surface area (Å²) in [7, 11) is -2.01. The maximum atomic E-state index is 12.6. The molecule has 0 amide bonds. The van der Waals surface area contributed by atoms with Crippen molar-refractivity contribution in [3.63, 3.8) is 0 Å². The maximum Gasteiger partial charge on any atom is 0.246 e. The zero-order valence-corrected chi connectivity index (χ0v) is 15.1. The fourth-order valence-corrected chi connectivity index (χ4v) is 5.23. The van der Waals surface area contributed by atoms with E-state index in [1.54, 1.807) is 19.2 Å². The van der Waals surface area contributed by atoms with Crippen LogP contribution >= 0.6 is 31.9 Å². The van der Waals surface area contributed by atoms with Crippen LogP contribution in [0.1, 0.15) is 26.7 Å². The Morgan fingerprint density at radius 3 is 2.42 bits per heavy atom. The van der Waals surface area contributed by atoms with Gasteiger partial charge in [-0.15, -0.1) is 0 Å².